The summed E-state index contributed by atoms with van der Waals surface area (Å²) in [5.41, 5.74) is 1.54. The Balaban J connectivity index is 1.97. The summed E-state index contributed by atoms with van der Waals surface area (Å²) in [7, 11) is 0. The zero-order chi connectivity index (χ0) is 16.8. The van der Waals surface area contributed by atoms with E-state index in [1.807, 2.05) is 25.1 Å². The molecule has 7 nitrogen and oxygen atoms in total. The molecule has 8 heteroatoms. The van der Waals surface area contributed by atoms with Crippen molar-refractivity contribution in [1.29, 1.82) is 0 Å². The smallest absolute Gasteiger partial charge is 0.320 e. The molecule has 2 rings (SSSR count). The molecule has 0 unspecified atom stereocenters. The number of amides is 2. The maximum absolute atomic E-state index is 11.7. The molecule has 0 spiro atoms. The van der Waals surface area contributed by atoms with Crippen molar-refractivity contribution in [3.8, 4) is 5.69 Å². The number of nitrogens with zero attached hydrogens (tertiary/aromatic N) is 2. The first-order valence-electron chi connectivity index (χ1n) is 7.05. The third-order valence-electron chi connectivity index (χ3n) is 3.06. The first kappa shape index (κ1) is 16.8. The van der Waals surface area contributed by atoms with Crippen molar-refractivity contribution in [1.82, 2.24) is 15.1 Å². The molecular weight excluding hydrogens is 320 g/mol. The van der Waals surface area contributed by atoms with Gasteiger partial charge in [-0.25, -0.2) is 9.48 Å². The molecule has 3 N–H and O–H groups in total. The highest BCUT2D eigenvalue weighted by Crippen LogP contribution is 2.22. The number of carboxylic acids is 1. The number of carbonyl (C=O) groups is 2. The molecule has 0 aliphatic rings. The van der Waals surface area contributed by atoms with Gasteiger partial charge in [0.25, 0.3) is 0 Å². The average Bonchev–Trinajstić information content (AvgIpc) is 2.84. The normalized spacial score (nSPS) is 10.3. The van der Waals surface area contributed by atoms with Crippen LogP contribution in [0, 0.1) is 6.92 Å². The third-order valence-corrected chi connectivity index (χ3v) is 3.38. The number of para-hydroxylation sites is 1. The summed E-state index contributed by atoms with van der Waals surface area (Å²) in [5, 5.41) is 18.6. The second-order valence-corrected chi connectivity index (χ2v) is 5.32. The van der Waals surface area contributed by atoms with Crippen molar-refractivity contribution in [2.75, 3.05) is 11.9 Å². The summed E-state index contributed by atoms with van der Waals surface area (Å²) in [5.74, 6) is -0.500. The van der Waals surface area contributed by atoms with Gasteiger partial charge in [-0.2, -0.15) is 0 Å². The minimum absolute atomic E-state index is 0.0144. The maximum atomic E-state index is 11.7. The number of aryl methyl sites for hydroxylation is 1. The van der Waals surface area contributed by atoms with E-state index in [1.165, 1.54) is 0 Å². The molecule has 0 saturated heterocycles. The van der Waals surface area contributed by atoms with E-state index in [1.54, 1.807) is 16.8 Å². The van der Waals surface area contributed by atoms with Gasteiger partial charge in [-0.05, 0) is 25.5 Å². The fraction of sp³-hybridized carbons (Fsp3) is 0.267. The van der Waals surface area contributed by atoms with Crippen LogP contribution in [0.3, 0.4) is 0 Å². The molecule has 122 valence electrons. The van der Waals surface area contributed by atoms with Crippen LogP contribution in [-0.4, -0.2) is 33.4 Å². The molecule has 1 heterocycles. The number of urea groups is 1. The lowest BCUT2D eigenvalue weighted by molar-refractivity contribution is -0.137. The summed E-state index contributed by atoms with van der Waals surface area (Å²) >= 11 is 6.15. The Morgan fingerprint density at radius 1 is 1.35 bits per heavy atom. The molecule has 2 aromatic rings. The van der Waals surface area contributed by atoms with Crippen molar-refractivity contribution in [2.24, 2.45) is 0 Å². The Kier molecular flexibility index (Phi) is 5.59. The van der Waals surface area contributed by atoms with E-state index in [4.69, 9.17) is 16.7 Å². The van der Waals surface area contributed by atoms with Crippen LogP contribution in [0.2, 0.25) is 5.02 Å². The van der Waals surface area contributed by atoms with Crippen molar-refractivity contribution in [2.45, 2.75) is 19.8 Å². The molecule has 1 aromatic carbocycles. The first-order chi connectivity index (χ1) is 11.0. The Bertz CT molecular complexity index is 714. The summed E-state index contributed by atoms with van der Waals surface area (Å²) in [6.07, 6.45) is 0.385. The summed E-state index contributed by atoms with van der Waals surface area (Å²) < 4.78 is 1.64. The van der Waals surface area contributed by atoms with Gasteiger partial charge in [0, 0.05) is 24.7 Å². The number of nitrogens with one attached hydrogen (secondary N) is 2. The zero-order valence-electron chi connectivity index (χ0n) is 12.5. The van der Waals surface area contributed by atoms with Gasteiger partial charge in [0.05, 0.1) is 10.7 Å². The number of hydrogen-bond acceptors (Lipinski definition) is 3. The van der Waals surface area contributed by atoms with Crippen molar-refractivity contribution < 1.29 is 14.7 Å². The highest BCUT2D eigenvalue weighted by molar-refractivity contribution is 6.32. The lowest BCUT2D eigenvalue weighted by Gasteiger charge is -2.06. The molecule has 0 bridgehead atoms. The Hall–Kier alpha value is -2.54. The highest BCUT2D eigenvalue weighted by atomic mass is 35.5. The van der Waals surface area contributed by atoms with Crippen LogP contribution >= 0.6 is 11.6 Å². The molecule has 2 amide bonds. The molecule has 0 fully saturated rings. The molecule has 1 aromatic heterocycles. The Morgan fingerprint density at radius 2 is 2.09 bits per heavy atom. The Labute approximate surface area is 138 Å². The summed E-state index contributed by atoms with van der Waals surface area (Å²) in [6, 6.07) is 8.57. The van der Waals surface area contributed by atoms with Crippen LogP contribution in [0.1, 0.15) is 18.5 Å². The van der Waals surface area contributed by atoms with Crippen LogP contribution < -0.4 is 10.6 Å². The van der Waals surface area contributed by atoms with Gasteiger partial charge in [-0.1, -0.05) is 23.7 Å². The van der Waals surface area contributed by atoms with Crippen molar-refractivity contribution >= 4 is 29.4 Å². The van der Waals surface area contributed by atoms with Crippen LogP contribution in [-0.2, 0) is 4.79 Å². The van der Waals surface area contributed by atoms with Crippen LogP contribution in [0.15, 0.2) is 30.3 Å². The second kappa shape index (κ2) is 7.64. The van der Waals surface area contributed by atoms with Crippen LogP contribution in [0.4, 0.5) is 10.6 Å². The zero-order valence-corrected chi connectivity index (χ0v) is 13.3. The van der Waals surface area contributed by atoms with E-state index in [0.717, 1.165) is 11.4 Å². The summed E-state index contributed by atoms with van der Waals surface area (Å²) in [6.45, 7) is 2.13. The lowest BCUT2D eigenvalue weighted by Crippen LogP contribution is -2.30. The van der Waals surface area contributed by atoms with E-state index in [9.17, 15) is 9.59 Å². The Morgan fingerprint density at radius 3 is 2.78 bits per heavy atom. The number of anilines is 1. The highest BCUT2D eigenvalue weighted by Gasteiger charge is 2.11. The number of benzene rings is 1. The molecule has 0 aliphatic heterocycles. The van der Waals surface area contributed by atoms with Crippen LogP contribution in [0.25, 0.3) is 5.69 Å². The number of carbonyl (C=O) groups excluding carboxylic acids is 1. The largest absolute Gasteiger partial charge is 0.481 e. The number of hydrogen-bond donors (Lipinski definition) is 3. The van der Waals surface area contributed by atoms with E-state index < -0.39 is 12.0 Å². The van der Waals surface area contributed by atoms with Gasteiger partial charge in [-0.3, -0.25) is 10.1 Å². The van der Waals surface area contributed by atoms with Crippen LogP contribution in [0.5, 0.6) is 0 Å². The fourth-order valence-electron chi connectivity index (χ4n) is 2.00. The molecule has 0 atom stereocenters. The van der Waals surface area contributed by atoms with Gasteiger partial charge in [-0.15, -0.1) is 5.10 Å². The molecule has 23 heavy (non-hydrogen) atoms. The minimum atomic E-state index is -0.888. The van der Waals surface area contributed by atoms with E-state index in [2.05, 4.69) is 15.7 Å². The molecular formula is C15H17ClN4O3. The van der Waals surface area contributed by atoms with Crippen molar-refractivity contribution in [3.63, 3.8) is 0 Å². The van der Waals surface area contributed by atoms with E-state index in [-0.39, 0.29) is 13.0 Å². The minimum Gasteiger partial charge on any atom is -0.481 e. The SMILES string of the molecule is Cc1cc(NC(=O)NCCCC(=O)O)nn1-c1ccccc1Cl. The topological polar surface area (TPSA) is 96.2 Å². The summed E-state index contributed by atoms with van der Waals surface area (Å²) in [4.78, 5) is 22.1. The van der Waals surface area contributed by atoms with E-state index in [0.29, 0.717) is 17.3 Å². The fourth-order valence-corrected chi connectivity index (χ4v) is 2.22. The predicted octanol–water partition coefficient (Wildman–Crippen LogP) is 2.82. The van der Waals surface area contributed by atoms with Crippen molar-refractivity contribution in [3.05, 3.63) is 41.0 Å². The maximum Gasteiger partial charge on any atom is 0.320 e. The predicted molar refractivity (Wildman–Crippen MR) is 87.2 cm³/mol. The number of aliphatic carboxylic acids is 1. The molecule has 0 saturated carbocycles. The number of aromatic nitrogens is 2. The third kappa shape index (κ3) is 4.72. The molecule has 0 radical (unpaired) electrons. The van der Waals surface area contributed by atoms with Gasteiger partial charge >= 0.3 is 12.0 Å². The quantitative estimate of drug-likeness (QED) is 0.707. The van der Waals surface area contributed by atoms with Gasteiger partial charge in [0.2, 0.25) is 0 Å². The second-order valence-electron chi connectivity index (χ2n) is 4.91. The molecule has 0 aliphatic carbocycles. The average molecular weight is 337 g/mol. The lowest BCUT2D eigenvalue weighted by atomic mass is 10.3. The monoisotopic (exact) mass is 336 g/mol. The van der Waals surface area contributed by atoms with Gasteiger partial charge in [0.15, 0.2) is 5.82 Å². The van der Waals surface area contributed by atoms with Gasteiger partial charge in [0.1, 0.15) is 0 Å². The number of carboxylic acid groups (broad SMARTS) is 1. The number of rotatable bonds is 6. The standard InChI is InChI=1S/C15H17ClN4O3/c1-10-9-13(18-15(23)17-8-4-7-14(21)22)19-20(10)12-6-3-2-5-11(12)16/h2-3,5-6,9H,4,7-8H2,1H3,(H,21,22)(H2,17,18,19,23). The van der Waals surface area contributed by atoms with E-state index >= 15 is 0 Å². The number of halogens is 1. The first-order valence-corrected chi connectivity index (χ1v) is 7.43. The van der Waals surface area contributed by atoms with Gasteiger partial charge < -0.3 is 10.4 Å².